The van der Waals surface area contributed by atoms with Crippen LogP contribution in [-0.2, 0) is 0 Å². The Bertz CT molecular complexity index is 324. The summed E-state index contributed by atoms with van der Waals surface area (Å²) in [7, 11) is 0. The molecule has 0 bridgehead atoms. The van der Waals surface area contributed by atoms with Crippen molar-refractivity contribution in [1.29, 1.82) is 0 Å². The van der Waals surface area contributed by atoms with Gasteiger partial charge in [-0.3, -0.25) is 0 Å². The molecule has 0 amide bonds. The Kier molecular flexibility index (Phi) is 3.42. The lowest BCUT2D eigenvalue weighted by atomic mass is 10.0. The molecule has 0 heterocycles. The van der Waals surface area contributed by atoms with Gasteiger partial charge < -0.3 is 5.11 Å². The Labute approximate surface area is 83.9 Å². The largest absolute Gasteiger partial charge is 0.388 e. The molecule has 76 valence electrons. The van der Waals surface area contributed by atoms with Gasteiger partial charge in [-0.25, -0.2) is 4.39 Å². The van der Waals surface area contributed by atoms with Gasteiger partial charge in [0, 0.05) is 0 Å². The maximum atomic E-state index is 13.0. The Hall–Kier alpha value is -1.15. The van der Waals surface area contributed by atoms with Crippen molar-refractivity contribution in [3.8, 4) is 0 Å². The van der Waals surface area contributed by atoms with E-state index in [2.05, 4.69) is 6.58 Å². The number of aliphatic hydroxyl groups excluding tert-OH is 1. The van der Waals surface area contributed by atoms with E-state index >= 15 is 0 Å². The summed E-state index contributed by atoms with van der Waals surface area (Å²) in [5, 5.41) is 9.71. The average molecular weight is 194 g/mol. The van der Waals surface area contributed by atoms with Gasteiger partial charge in [0.1, 0.15) is 5.82 Å². The SMILES string of the molecule is C=C(C)CC(O)c1cc(C)cc(F)c1. The van der Waals surface area contributed by atoms with Crippen molar-refractivity contribution in [3.63, 3.8) is 0 Å². The van der Waals surface area contributed by atoms with Gasteiger partial charge in [-0.15, -0.1) is 6.58 Å². The van der Waals surface area contributed by atoms with Gasteiger partial charge in [0.25, 0.3) is 0 Å². The highest BCUT2D eigenvalue weighted by molar-refractivity contribution is 5.26. The molecule has 1 atom stereocenters. The Morgan fingerprint density at radius 3 is 2.64 bits per heavy atom. The highest BCUT2D eigenvalue weighted by Crippen LogP contribution is 2.21. The average Bonchev–Trinajstić information content (AvgIpc) is 2.00. The van der Waals surface area contributed by atoms with Crippen LogP contribution in [0.3, 0.4) is 0 Å². The van der Waals surface area contributed by atoms with Crippen LogP contribution in [0, 0.1) is 12.7 Å². The molecule has 0 spiro atoms. The maximum Gasteiger partial charge on any atom is 0.123 e. The fraction of sp³-hybridized carbons (Fsp3) is 0.333. The van der Waals surface area contributed by atoms with Crippen molar-refractivity contribution in [2.75, 3.05) is 0 Å². The number of halogens is 1. The highest BCUT2D eigenvalue weighted by atomic mass is 19.1. The van der Waals surface area contributed by atoms with Crippen LogP contribution >= 0.6 is 0 Å². The van der Waals surface area contributed by atoms with Gasteiger partial charge in [-0.1, -0.05) is 11.6 Å². The second-order valence-electron chi connectivity index (χ2n) is 3.74. The first-order chi connectivity index (χ1) is 6.49. The van der Waals surface area contributed by atoms with E-state index < -0.39 is 6.10 Å². The molecule has 0 aliphatic rings. The number of rotatable bonds is 3. The van der Waals surface area contributed by atoms with Crippen LogP contribution in [0.2, 0.25) is 0 Å². The first-order valence-electron chi connectivity index (χ1n) is 4.58. The third kappa shape index (κ3) is 2.96. The summed E-state index contributed by atoms with van der Waals surface area (Å²) in [4.78, 5) is 0. The third-order valence-electron chi connectivity index (χ3n) is 1.99. The minimum Gasteiger partial charge on any atom is -0.388 e. The molecule has 1 unspecified atom stereocenters. The molecule has 0 fully saturated rings. The fourth-order valence-electron chi connectivity index (χ4n) is 1.40. The van der Waals surface area contributed by atoms with Crippen LogP contribution in [0.1, 0.15) is 30.6 Å². The van der Waals surface area contributed by atoms with Crippen LogP contribution in [0.4, 0.5) is 4.39 Å². The molecule has 0 radical (unpaired) electrons. The molecule has 1 aromatic rings. The Morgan fingerprint density at radius 1 is 1.50 bits per heavy atom. The van der Waals surface area contributed by atoms with Crippen LogP contribution in [0.25, 0.3) is 0 Å². The number of benzene rings is 1. The number of aliphatic hydroxyl groups is 1. The van der Waals surface area contributed by atoms with Gasteiger partial charge in [0.2, 0.25) is 0 Å². The van der Waals surface area contributed by atoms with E-state index in [-0.39, 0.29) is 5.82 Å². The minimum absolute atomic E-state index is 0.305. The first kappa shape index (κ1) is 10.9. The summed E-state index contributed by atoms with van der Waals surface area (Å²) in [5.74, 6) is -0.305. The number of hydrogen-bond donors (Lipinski definition) is 1. The zero-order chi connectivity index (χ0) is 10.7. The second kappa shape index (κ2) is 4.38. The van der Waals surface area contributed by atoms with Gasteiger partial charge in [-0.05, 0) is 43.5 Å². The summed E-state index contributed by atoms with van der Waals surface area (Å²) in [6, 6.07) is 4.59. The molecule has 1 aromatic carbocycles. The summed E-state index contributed by atoms with van der Waals surface area (Å²) >= 11 is 0. The van der Waals surface area contributed by atoms with E-state index in [1.807, 2.05) is 6.92 Å². The van der Waals surface area contributed by atoms with Crippen molar-refractivity contribution < 1.29 is 9.50 Å². The molecule has 0 saturated heterocycles. The van der Waals surface area contributed by atoms with Crippen molar-refractivity contribution >= 4 is 0 Å². The van der Waals surface area contributed by atoms with E-state index in [4.69, 9.17) is 0 Å². The van der Waals surface area contributed by atoms with Crippen molar-refractivity contribution in [2.24, 2.45) is 0 Å². The predicted octanol–water partition coefficient (Wildman–Crippen LogP) is 3.13. The molecule has 0 saturated carbocycles. The molecule has 2 heteroatoms. The molecule has 1 N–H and O–H groups in total. The van der Waals surface area contributed by atoms with Gasteiger partial charge in [0.05, 0.1) is 6.10 Å². The van der Waals surface area contributed by atoms with E-state index in [1.54, 1.807) is 13.0 Å². The fourth-order valence-corrected chi connectivity index (χ4v) is 1.40. The normalized spacial score (nSPS) is 12.6. The van der Waals surface area contributed by atoms with Crippen molar-refractivity contribution in [1.82, 2.24) is 0 Å². The molecular weight excluding hydrogens is 179 g/mol. The van der Waals surface area contributed by atoms with Crippen LogP contribution in [0.15, 0.2) is 30.4 Å². The lowest BCUT2D eigenvalue weighted by Gasteiger charge is -2.11. The zero-order valence-corrected chi connectivity index (χ0v) is 8.55. The van der Waals surface area contributed by atoms with E-state index in [0.717, 1.165) is 11.1 Å². The molecule has 1 rings (SSSR count). The summed E-state index contributed by atoms with van der Waals surface area (Å²) in [6.45, 7) is 7.36. The van der Waals surface area contributed by atoms with Gasteiger partial charge >= 0.3 is 0 Å². The van der Waals surface area contributed by atoms with Crippen LogP contribution in [-0.4, -0.2) is 5.11 Å². The van der Waals surface area contributed by atoms with E-state index in [1.165, 1.54) is 12.1 Å². The predicted molar refractivity (Wildman–Crippen MR) is 55.5 cm³/mol. The summed E-state index contributed by atoms with van der Waals surface area (Å²) in [6.07, 6.45) is -0.176. The quantitative estimate of drug-likeness (QED) is 0.733. The lowest BCUT2D eigenvalue weighted by Crippen LogP contribution is -1.99. The second-order valence-corrected chi connectivity index (χ2v) is 3.74. The van der Waals surface area contributed by atoms with E-state index in [9.17, 15) is 9.50 Å². The highest BCUT2D eigenvalue weighted by Gasteiger charge is 2.09. The standard InChI is InChI=1S/C12H15FO/c1-8(2)4-12(14)10-5-9(3)6-11(13)7-10/h5-7,12,14H,1,4H2,2-3H3. The third-order valence-corrected chi connectivity index (χ3v) is 1.99. The van der Waals surface area contributed by atoms with Gasteiger partial charge in [0.15, 0.2) is 0 Å². The Balaban J connectivity index is 2.89. The number of hydrogen-bond acceptors (Lipinski definition) is 1. The molecule has 1 nitrogen and oxygen atoms in total. The Morgan fingerprint density at radius 2 is 2.14 bits per heavy atom. The van der Waals surface area contributed by atoms with E-state index in [0.29, 0.717) is 12.0 Å². The molecule has 0 aromatic heterocycles. The summed E-state index contributed by atoms with van der Waals surface area (Å²) in [5.41, 5.74) is 2.32. The molecule has 14 heavy (non-hydrogen) atoms. The molecule has 0 aliphatic carbocycles. The van der Waals surface area contributed by atoms with Crippen molar-refractivity contribution in [3.05, 3.63) is 47.3 Å². The minimum atomic E-state index is -0.651. The van der Waals surface area contributed by atoms with Crippen LogP contribution < -0.4 is 0 Å². The van der Waals surface area contributed by atoms with Crippen LogP contribution in [0.5, 0.6) is 0 Å². The molecule has 0 aliphatic heterocycles. The van der Waals surface area contributed by atoms with Crippen molar-refractivity contribution in [2.45, 2.75) is 26.4 Å². The number of aryl methyl sites for hydroxylation is 1. The zero-order valence-electron chi connectivity index (χ0n) is 8.55. The molecular formula is C12H15FO. The topological polar surface area (TPSA) is 20.2 Å². The van der Waals surface area contributed by atoms with Gasteiger partial charge in [-0.2, -0.15) is 0 Å². The smallest absolute Gasteiger partial charge is 0.123 e. The monoisotopic (exact) mass is 194 g/mol. The first-order valence-corrected chi connectivity index (χ1v) is 4.58. The maximum absolute atomic E-state index is 13.0. The lowest BCUT2D eigenvalue weighted by molar-refractivity contribution is 0.178. The summed E-state index contributed by atoms with van der Waals surface area (Å²) < 4.78 is 13.0.